The summed E-state index contributed by atoms with van der Waals surface area (Å²) in [4.78, 5) is 12.1. The second kappa shape index (κ2) is 5.72. The zero-order valence-corrected chi connectivity index (χ0v) is 13.3. The summed E-state index contributed by atoms with van der Waals surface area (Å²) in [5.41, 5.74) is 0.501. The molecule has 1 aliphatic rings. The van der Waals surface area contributed by atoms with Crippen molar-refractivity contribution in [3.8, 4) is 0 Å². The first kappa shape index (κ1) is 14.0. The number of hydrogen-bond donors (Lipinski definition) is 1. The lowest BCUT2D eigenvalue weighted by atomic mass is 9.80. The summed E-state index contributed by atoms with van der Waals surface area (Å²) in [6.07, 6.45) is 3.21. The van der Waals surface area contributed by atoms with Crippen LogP contribution in [-0.4, -0.2) is 25.2 Å². The average Bonchev–Trinajstić information content (AvgIpc) is 2.27. The molecule has 3 nitrogen and oxygen atoms in total. The van der Waals surface area contributed by atoms with Gasteiger partial charge in [-0.15, -0.1) is 0 Å². The topological polar surface area (TPSA) is 38.3 Å². The summed E-state index contributed by atoms with van der Waals surface area (Å²) in [6, 6.07) is 5.52. The van der Waals surface area contributed by atoms with Crippen LogP contribution in [0.4, 0.5) is 0 Å². The first-order chi connectivity index (χ1) is 8.56. The minimum Gasteiger partial charge on any atom is -0.376 e. The largest absolute Gasteiger partial charge is 0.376 e. The van der Waals surface area contributed by atoms with E-state index in [4.69, 9.17) is 4.74 Å². The van der Waals surface area contributed by atoms with Crippen molar-refractivity contribution in [3.05, 3.63) is 32.7 Å². The molecule has 0 aromatic heterocycles. The molecule has 0 spiro atoms. The Morgan fingerprint density at radius 1 is 1.44 bits per heavy atom. The smallest absolute Gasteiger partial charge is 0.252 e. The Bertz CT molecular complexity index is 453. The quantitative estimate of drug-likeness (QED) is 0.873. The second-order valence-corrected chi connectivity index (χ2v) is 6.32. The Morgan fingerprint density at radius 3 is 2.67 bits per heavy atom. The molecule has 1 saturated carbocycles. The molecule has 1 aromatic carbocycles. The van der Waals surface area contributed by atoms with Crippen molar-refractivity contribution in [3.63, 3.8) is 0 Å². The van der Waals surface area contributed by atoms with E-state index >= 15 is 0 Å². The van der Waals surface area contributed by atoms with E-state index < -0.39 is 0 Å². The van der Waals surface area contributed by atoms with E-state index in [1.807, 2.05) is 12.1 Å². The molecule has 1 N–H and O–H groups in total. The van der Waals surface area contributed by atoms with Gasteiger partial charge in [0, 0.05) is 22.6 Å². The molecule has 0 heterocycles. The summed E-state index contributed by atoms with van der Waals surface area (Å²) in [5, 5.41) is 2.94. The highest BCUT2D eigenvalue weighted by atomic mass is 79.9. The fraction of sp³-hybridized carbons (Fsp3) is 0.462. The summed E-state index contributed by atoms with van der Waals surface area (Å²) in [6.45, 7) is 0.574. The molecular formula is C13H15Br2NO2. The summed E-state index contributed by atoms with van der Waals surface area (Å²) in [5.74, 6) is -0.0716. The van der Waals surface area contributed by atoms with Gasteiger partial charge in [-0.2, -0.15) is 0 Å². The van der Waals surface area contributed by atoms with Gasteiger partial charge >= 0.3 is 0 Å². The van der Waals surface area contributed by atoms with Crippen LogP contribution in [0.1, 0.15) is 29.6 Å². The molecule has 0 atom stereocenters. The molecule has 1 amide bonds. The van der Waals surface area contributed by atoms with E-state index in [-0.39, 0.29) is 11.5 Å². The summed E-state index contributed by atoms with van der Waals surface area (Å²) >= 11 is 6.76. The van der Waals surface area contributed by atoms with Crippen LogP contribution >= 0.6 is 31.9 Å². The van der Waals surface area contributed by atoms with Crippen molar-refractivity contribution in [1.82, 2.24) is 5.32 Å². The third kappa shape index (κ3) is 2.95. The van der Waals surface area contributed by atoms with Gasteiger partial charge in [0.25, 0.3) is 5.91 Å². The molecule has 18 heavy (non-hydrogen) atoms. The van der Waals surface area contributed by atoms with Gasteiger partial charge < -0.3 is 10.1 Å². The number of rotatable bonds is 4. The highest BCUT2D eigenvalue weighted by Gasteiger charge is 2.37. The molecule has 5 heteroatoms. The lowest BCUT2D eigenvalue weighted by Crippen LogP contribution is -2.49. The first-order valence-corrected chi connectivity index (χ1v) is 7.43. The zero-order valence-electron chi connectivity index (χ0n) is 10.1. The summed E-state index contributed by atoms with van der Waals surface area (Å²) < 4.78 is 7.20. The van der Waals surface area contributed by atoms with Crippen molar-refractivity contribution in [2.75, 3.05) is 13.7 Å². The number of amides is 1. The number of halogens is 2. The zero-order chi connectivity index (χ0) is 13.2. The van der Waals surface area contributed by atoms with E-state index in [1.165, 1.54) is 6.42 Å². The molecular weight excluding hydrogens is 362 g/mol. The number of nitrogens with one attached hydrogen (secondary N) is 1. The van der Waals surface area contributed by atoms with Gasteiger partial charge in [0.1, 0.15) is 0 Å². The van der Waals surface area contributed by atoms with E-state index in [2.05, 4.69) is 37.2 Å². The fourth-order valence-electron chi connectivity index (χ4n) is 2.03. The maximum absolute atomic E-state index is 12.1. The standard InChI is InChI=1S/C13H15Br2NO2/c1-18-13(5-2-6-13)8-16-12(17)10-4-3-9(14)7-11(10)15/h3-4,7H,2,5-6,8H2,1H3,(H,16,17). The molecule has 1 aromatic rings. The molecule has 0 unspecified atom stereocenters. The van der Waals surface area contributed by atoms with Crippen LogP contribution in [0.2, 0.25) is 0 Å². The molecule has 0 radical (unpaired) electrons. The van der Waals surface area contributed by atoms with Gasteiger partial charge in [0.05, 0.1) is 11.2 Å². The van der Waals surface area contributed by atoms with Gasteiger partial charge in [-0.25, -0.2) is 0 Å². The molecule has 0 bridgehead atoms. The number of ether oxygens (including phenoxy) is 1. The number of methoxy groups -OCH3 is 1. The van der Waals surface area contributed by atoms with Crippen LogP contribution in [0.25, 0.3) is 0 Å². The van der Waals surface area contributed by atoms with Gasteiger partial charge in [-0.1, -0.05) is 15.9 Å². The van der Waals surface area contributed by atoms with Crippen LogP contribution in [0.5, 0.6) is 0 Å². The van der Waals surface area contributed by atoms with Gasteiger partial charge in [-0.05, 0) is 53.4 Å². The fourth-order valence-corrected chi connectivity index (χ4v) is 3.26. The first-order valence-electron chi connectivity index (χ1n) is 5.85. The van der Waals surface area contributed by atoms with Crippen LogP contribution in [0, 0.1) is 0 Å². The maximum Gasteiger partial charge on any atom is 0.252 e. The molecule has 98 valence electrons. The van der Waals surface area contributed by atoms with Crippen LogP contribution in [-0.2, 0) is 4.74 Å². The predicted octanol–water partition coefficient (Wildman–Crippen LogP) is 3.51. The van der Waals surface area contributed by atoms with Crippen LogP contribution in [0.15, 0.2) is 27.1 Å². The van der Waals surface area contributed by atoms with Crippen molar-refractivity contribution in [1.29, 1.82) is 0 Å². The van der Waals surface area contributed by atoms with E-state index in [1.54, 1.807) is 13.2 Å². The SMILES string of the molecule is COC1(CNC(=O)c2ccc(Br)cc2Br)CCC1. The monoisotopic (exact) mass is 375 g/mol. The lowest BCUT2D eigenvalue weighted by molar-refractivity contribution is -0.0679. The van der Waals surface area contributed by atoms with E-state index in [9.17, 15) is 4.79 Å². The molecule has 2 rings (SSSR count). The third-order valence-electron chi connectivity index (χ3n) is 3.44. The van der Waals surface area contributed by atoms with Gasteiger partial charge in [-0.3, -0.25) is 4.79 Å². The Hall–Kier alpha value is -0.390. The van der Waals surface area contributed by atoms with Gasteiger partial charge in [0.2, 0.25) is 0 Å². The minimum absolute atomic E-state index is 0.0716. The van der Waals surface area contributed by atoms with Crippen LogP contribution in [0.3, 0.4) is 0 Å². The predicted molar refractivity (Wildman–Crippen MR) is 77.8 cm³/mol. The normalized spacial score (nSPS) is 17.1. The highest BCUT2D eigenvalue weighted by molar-refractivity contribution is 9.11. The van der Waals surface area contributed by atoms with Crippen molar-refractivity contribution in [2.24, 2.45) is 0 Å². The lowest BCUT2D eigenvalue weighted by Gasteiger charge is -2.40. The average molecular weight is 377 g/mol. The Balaban J connectivity index is 1.99. The molecule has 0 aliphatic heterocycles. The maximum atomic E-state index is 12.1. The Labute approximate surface area is 124 Å². The van der Waals surface area contributed by atoms with Crippen LogP contribution < -0.4 is 5.32 Å². The Kier molecular flexibility index (Phi) is 4.45. The van der Waals surface area contributed by atoms with E-state index in [0.717, 1.165) is 21.8 Å². The third-order valence-corrected chi connectivity index (χ3v) is 4.59. The molecule has 1 aliphatic carbocycles. The minimum atomic E-state index is -0.141. The number of hydrogen-bond acceptors (Lipinski definition) is 2. The molecule has 1 fully saturated rings. The second-order valence-electron chi connectivity index (χ2n) is 4.55. The molecule has 0 saturated heterocycles. The van der Waals surface area contributed by atoms with Crippen molar-refractivity contribution >= 4 is 37.8 Å². The summed E-state index contributed by atoms with van der Waals surface area (Å²) in [7, 11) is 1.71. The van der Waals surface area contributed by atoms with Crippen molar-refractivity contribution in [2.45, 2.75) is 24.9 Å². The van der Waals surface area contributed by atoms with E-state index in [0.29, 0.717) is 12.1 Å². The number of carbonyl (C=O) groups is 1. The number of benzene rings is 1. The Morgan fingerprint density at radius 2 is 2.17 bits per heavy atom. The van der Waals surface area contributed by atoms with Gasteiger partial charge in [0.15, 0.2) is 0 Å². The number of carbonyl (C=O) groups excluding carboxylic acids is 1. The van der Waals surface area contributed by atoms with Crippen molar-refractivity contribution < 1.29 is 9.53 Å². The highest BCUT2D eigenvalue weighted by Crippen LogP contribution is 2.34.